The van der Waals surface area contributed by atoms with Crippen molar-refractivity contribution >= 4 is 17.4 Å². The van der Waals surface area contributed by atoms with Crippen LogP contribution >= 0.6 is 0 Å². The molecule has 0 saturated heterocycles. The molecule has 2 rings (SSSR count). The van der Waals surface area contributed by atoms with Gasteiger partial charge in [-0.25, -0.2) is 10.5 Å². The maximum atomic E-state index is 11.2. The van der Waals surface area contributed by atoms with Gasteiger partial charge in [0.1, 0.15) is 11.5 Å². The minimum atomic E-state index is -0.495. The van der Waals surface area contributed by atoms with Crippen molar-refractivity contribution in [3.8, 4) is 0 Å². The number of rotatable bonds is 4. The maximum Gasteiger partial charge on any atom is 0.262 e. The van der Waals surface area contributed by atoms with Crippen molar-refractivity contribution in [2.24, 2.45) is 5.41 Å². The van der Waals surface area contributed by atoms with E-state index in [0.29, 0.717) is 5.82 Å². The summed E-state index contributed by atoms with van der Waals surface area (Å²) >= 11 is 0. The first kappa shape index (κ1) is 15.3. The number of aromatic nitrogens is 2. The highest BCUT2D eigenvalue weighted by molar-refractivity contribution is 5.79. The predicted octanol–water partition coefficient (Wildman–Crippen LogP) is 2.15. The van der Waals surface area contributed by atoms with Gasteiger partial charge in [0.05, 0.1) is 12.2 Å². The van der Waals surface area contributed by atoms with E-state index in [0.717, 1.165) is 23.3 Å². The maximum absolute atomic E-state index is 11.2. The molecule has 0 unspecified atom stereocenters. The third kappa shape index (κ3) is 3.52. The first-order chi connectivity index (χ1) is 9.81. The van der Waals surface area contributed by atoms with Crippen LogP contribution in [-0.2, 0) is 11.2 Å². The number of fused-ring (bicyclic) bond motifs is 1. The average molecular weight is 290 g/mol. The number of anilines is 1. The van der Waals surface area contributed by atoms with Crippen LogP contribution in [0.15, 0.2) is 18.3 Å². The molecule has 0 aromatic carbocycles. The lowest BCUT2D eigenvalue weighted by atomic mass is 9.90. The number of nitrogens with one attached hydrogen (secondary N) is 2. The minimum absolute atomic E-state index is 0.0173. The molecule has 0 radical (unpaired) electrons. The summed E-state index contributed by atoms with van der Waals surface area (Å²) in [6, 6.07) is 3.99. The molecule has 0 aliphatic heterocycles. The highest BCUT2D eigenvalue weighted by Crippen LogP contribution is 2.27. The molecule has 0 saturated carbocycles. The van der Waals surface area contributed by atoms with Gasteiger partial charge in [0.2, 0.25) is 0 Å². The molecule has 0 aliphatic carbocycles. The largest absolute Gasteiger partial charge is 0.359 e. The van der Waals surface area contributed by atoms with Crippen molar-refractivity contribution in [3.05, 3.63) is 29.6 Å². The molecule has 6 nitrogen and oxygen atoms in total. The van der Waals surface area contributed by atoms with Crippen molar-refractivity contribution in [3.63, 3.8) is 0 Å². The fraction of sp³-hybridized carbons (Fsp3) is 0.467. The molecular formula is C15H22N4O2. The fourth-order valence-corrected chi connectivity index (χ4v) is 2.27. The number of carbonyl (C=O) groups excluding carboxylic acids is 1. The average Bonchev–Trinajstić information content (AvgIpc) is 2.74. The Morgan fingerprint density at radius 2 is 2.14 bits per heavy atom. The molecule has 0 atom stereocenters. The second-order valence-electron chi connectivity index (χ2n) is 6.42. The van der Waals surface area contributed by atoms with Crippen LogP contribution in [0.4, 0.5) is 5.82 Å². The Labute approximate surface area is 124 Å². The summed E-state index contributed by atoms with van der Waals surface area (Å²) in [7, 11) is 0. The summed E-state index contributed by atoms with van der Waals surface area (Å²) in [5.41, 5.74) is 4.69. The first-order valence-electron chi connectivity index (χ1n) is 6.95. The van der Waals surface area contributed by atoms with Gasteiger partial charge in [-0.2, -0.15) is 0 Å². The van der Waals surface area contributed by atoms with Crippen LogP contribution in [0.2, 0.25) is 0 Å². The van der Waals surface area contributed by atoms with Crippen LogP contribution < -0.4 is 10.8 Å². The van der Waals surface area contributed by atoms with Gasteiger partial charge >= 0.3 is 0 Å². The van der Waals surface area contributed by atoms with E-state index < -0.39 is 5.91 Å². The van der Waals surface area contributed by atoms with Crippen molar-refractivity contribution in [1.82, 2.24) is 14.9 Å². The molecule has 3 N–H and O–H groups in total. The van der Waals surface area contributed by atoms with Crippen LogP contribution in [0.3, 0.4) is 0 Å². The Morgan fingerprint density at radius 1 is 1.43 bits per heavy atom. The van der Waals surface area contributed by atoms with E-state index in [9.17, 15) is 4.79 Å². The van der Waals surface area contributed by atoms with Crippen molar-refractivity contribution < 1.29 is 10.0 Å². The lowest BCUT2D eigenvalue weighted by molar-refractivity contribution is -0.127. The molecule has 2 aromatic heterocycles. The summed E-state index contributed by atoms with van der Waals surface area (Å²) in [5, 5.41) is 11.6. The Kier molecular flexibility index (Phi) is 4.18. The number of hydroxylamine groups is 1. The Morgan fingerprint density at radius 3 is 2.76 bits per heavy atom. The molecule has 21 heavy (non-hydrogen) atoms. The molecule has 0 spiro atoms. The van der Waals surface area contributed by atoms with Crippen LogP contribution in [0.5, 0.6) is 0 Å². The van der Waals surface area contributed by atoms with E-state index in [1.54, 1.807) is 5.48 Å². The van der Waals surface area contributed by atoms with Gasteiger partial charge in [-0.05, 0) is 30.4 Å². The number of hydrogen-bond acceptors (Lipinski definition) is 4. The predicted molar refractivity (Wildman–Crippen MR) is 81.5 cm³/mol. The van der Waals surface area contributed by atoms with Crippen LogP contribution in [0, 0.1) is 12.3 Å². The summed E-state index contributed by atoms with van der Waals surface area (Å²) in [6.07, 6.45) is 2.80. The fourth-order valence-electron chi connectivity index (χ4n) is 2.27. The number of pyridine rings is 1. The molecule has 6 heteroatoms. The minimum Gasteiger partial charge on any atom is -0.359 e. The Balaban J connectivity index is 2.44. The number of amides is 1. The van der Waals surface area contributed by atoms with Gasteiger partial charge in [-0.1, -0.05) is 26.8 Å². The SMILES string of the molecule is Cc1cccn2c(CC(C)(C)C)c(NCC(=O)NO)nc12. The number of carbonyl (C=O) groups is 1. The standard InChI is InChI=1S/C15H22N4O2/c1-10-6-5-7-19-11(8-15(2,3)4)13(17-14(10)19)16-9-12(20)18-21/h5-7,16,21H,8-9H2,1-4H3,(H,18,20). The summed E-state index contributed by atoms with van der Waals surface area (Å²) in [6.45, 7) is 8.47. The van der Waals surface area contributed by atoms with Gasteiger partial charge in [0.15, 0.2) is 0 Å². The van der Waals surface area contributed by atoms with Crippen molar-refractivity contribution in [2.45, 2.75) is 34.1 Å². The summed E-state index contributed by atoms with van der Waals surface area (Å²) in [4.78, 5) is 15.8. The monoisotopic (exact) mass is 290 g/mol. The number of imidazole rings is 1. The van der Waals surface area contributed by atoms with E-state index in [1.807, 2.05) is 25.3 Å². The normalized spacial score (nSPS) is 11.7. The summed E-state index contributed by atoms with van der Waals surface area (Å²) < 4.78 is 2.06. The lowest BCUT2D eigenvalue weighted by Gasteiger charge is -2.19. The molecule has 114 valence electrons. The number of hydrogen-bond donors (Lipinski definition) is 3. The topological polar surface area (TPSA) is 78.7 Å². The molecule has 0 fully saturated rings. The van der Waals surface area contributed by atoms with Crippen molar-refractivity contribution in [2.75, 3.05) is 11.9 Å². The smallest absolute Gasteiger partial charge is 0.262 e. The van der Waals surface area contributed by atoms with Gasteiger partial charge in [-0.3, -0.25) is 10.0 Å². The van der Waals surface area contributed by atoms with E-state index in [4.69, 9.17) is 5.21 Å². The van der Waals surface area contributed by atoms with E-state index >= 15 is 0 Å². The van der Waals surface area contributed by atoms with Gasteiger partial charge in [0, 0.05) is 6.20 Å². The molecular weight excluding hydrogens is 268 g/mol. The Hall–Kier alpha value is -2.08. The van der Waals surface area contributed by atoms with E-state index in [-0.39, 0.29) is 12.0 Å². The van der Waals surface area contributed by atoms with Crippen LogP contribution in [0.1, 0.15) is 32.0 Å². The third-order valence-electron chi connectivity index (χ3n) is 3.18. The van der Waals surface area contributed by atoms with Crippen LogP contribution in [0.25, 0.3) is 5.65 Å². The zero-order valence-electron chi connectivity index (χ0n) is 12.9. The molecule has 1 amide bonds. The zero-order chi connectivity index (χ0) is 15.6. The van der Waals surface area contributed by atoms with Gasteiger partial charge in [-0.15, -0.1) is 0 Å². The molecule has 2 aromatic rings. The molecule has 0 aliphatic rings. The lowest BCUT2D eigenvalue weighted by Crippen LogP contribution is -2.27. The molecule has 0 bridgehead atoms. The first-order valence-corrected chi connectivity index (χ1v) is 6.95. The zero-order valence-corrected chi connectivity index (χ0v) is 12.9. The quantitative estimate of drug-likeness (QED) is 0.595. The second-order valence-corrected chi connectivity index (χ2v) is 6.42. The highest BCUT2D eigenvalue weighted by atomic mass is 16.5. The van der Waals surface area contributed by atoms with Gasteiger partial charge in [0.25, 0.3) is 5.91 Å². The second kappa shape index (κ2) is 5.73. The van der Waals surface area contributed by atoms with E-state index in [1.165, 1.54) is 0 Å². The number of nitrogens with zero attached hydrogens (tertiary/aromatic N) is 2. The Bertz CT molecular complexity index is 655. The van der Waals surface area contributed by atoms with Crippen molar-refractivity contribution in [1.29, 1.82) is 0 Å². The summed E-state index contributed by atoms with van der Waals surface area (Å²) in [5.74, 6) is 0.188. The van der Waals surface area contributed by atoms with Gasteiger partial charge < -0.3 is 9.72 Å². The highest BCUT2D eigenvalue weighted by Gasteiger charge is 2.20. The third-order valence-corrected chi connectivity index (χ3v) is 3.18. The molecule has 2 heterocycles. The van der Waals surface area contributed by atoms with Crippen LogP contribution in [-0.4, -0.2) is 27.0 Å². The van der Waals surface area contributed by atoms with E-state index in [2.05, 4.69) is 35.5 Å². The number of aryl methyl sites for hydroxylation is 1.